The van der Waals surface area contributed by atoms with Gasteiger partial charge in [0.15, 0.2) is 11.5 Å². The zero-order valence-electron chi connectivity index (χ0n) is 17.2. The van der Waals surface area contributed by atoms with Crippen LogP contribution in [0.4, 0.5) is 35.5 Å². The molecule has 184 valence electrons. The summed E-state index contributed by atoms with van der Waals surface area (Å²) in [4.78, 5) is 32.5. The first-order valence-corrected chi connectivity index (χ1v) is 9.56. The molecular formula is C19H16F7N5O3. The predicted molar refractivity (Wildman–Crippen MR) is 99.7 cm³/mol. The number of carbonyl (C=O) groups excluding carboxylic acids is 2. The standard InChI is InChI=1S/C19H16F7N5O3/c1-9-16(32)27-6-7-31(9)17(33)30-14(10-2-5-13(28-8-10)34-19(24,25)26)12-4-3-11(20)15(29-12)18(21,22)23/h2-5,8-9,14H,6-7H2,1H3,(H,27,32)(H,30,33)/t9-,14-/m1/s1. The molecule has 3 heterocycles. The van der Waals surface area contributed by atoms with Crippen LogP contribution in [0.2, 0.25) is 0 Å². The van der Waals surface area contributed by atoms with Crippen molar-refractivity contribution in [2.75, 3.05) is 13.1 Å². The maximum atomic E-state index is 13.7. The zero-order chi connectivity index (χ0) is 25.3. The Hall–Kier alpha value is -3.65. The smallest absolute Gasteiger partial charge is 0.388 e. The Morgan fingerprint density at radius 3 is 2.50 bits per heavy atom. The molecule has 0 saturated carbocycles. The van der Waals surface area contributed by atoms with Crippen LogP contribution in [-0.2, 0) is 11.0 Å². The van der Waals surface area contributed by atoms with Gasteiger partial charge in [0.1, 0.15) is 6.04 Å². The number of piperazine rings is 1. The Morgan fingerprint density at radius 1 is 1.21 bits per heavy atom. The van der Waals surface area contributed by atoms with Crippen LogP contribution in [-0.4, -0.2) is 52.3 Å². The molecule has 0 unspecified atom stereocenters. The molecule has 34 heavy (non-hydrogen) atoms. The van der Waals surface area contributed by atoms with Crippen molar-refractivity contribution in [3.63, 3.8) is 0 Å². The Bertz CT molecular complexity index is 1060. The van der Waals surface area contributed by atoms with E-state index in [1.54, 1.807) is 0 Å². The number of nitrogens with zero attached hydrogens (tertiary/aromatic N) is 3. The van der Waals surface area contributed by atoms with Gasteiger partial charge in [-0.05, 0) is 30.7 Å². The number of pyridine rings is 2. The summed E-state index contributed by atoms with van der Waals surface area (Å²) in [6.07, 6.45) is -9.36. The maximum absolute atomic E-state index is 13.7. The molecule has 1 saturated heterocycles. The molecule has 2 aromatic rings. The monoisotopic (exact) mass is 495 g/mol. The summed E-state index contributed by atoms with van der Waals surface area (Å²) < 4.78 is 94.1. The van der Waals surface area contributed by atoms with Gasteiger partial charge in [-0.15, -0.1) is 13.2 Å². The number of aromatic nitrogens is 2. The van der Waals surface area contributed by atoms with E-state index in [1.807, 2.05) is 0 Å². The van der Waals surface area contributed by atoms with Crippen LogP contribution in [0, 0.1) is 5.82 Å². The quantitative estimate of drug-likeness (QED) is 0.636. The van der Waals surface area contributed by atoms with Crippen molar-refractivity contribution in [1.82, 2.24) is 25.5 Å². The van der Waals surface area contributed by atoms with Crippen molar-refractivity contribution in [2.45, 2.75) is 31.5 Å². The summed E-state index contributed by atoms with van der Waals surface area (Å²) >= 11 is 0. The number of carbonyl (C=O) groups is 2. The fraction of sp³-hybridized carbons (Fsp3) is 0.368. The van der Waals surface area contributed by atoms with Gasteiger partial charge in [0.05, 0.1) is 11.7 Å². The SMILES string of the molecule is C[C@@H]1C(=O)NCCN1C(=O)N[C@H](c1ccc(OC(F)(F)F)nc1)c1ccc(F)c(C(F)(F)F)n1. The van der Waals surface area contributed by atoms with Gasteiger partial charge in [-0.1, -0.05) is 0 Å². The van der Waals surface area contributed by atoms with E-state index in [-0.39, 0.29) is 18.7 Å². The van der Waals surface area contributed by atoms with Crippen LogP contribution in [0.15, 0.2) is 30.5 Å². The maximum Gasteiger partial charge on any atom is 0.574 e. The Morgan fingerprint density at radius 2 is 1.91 bits per heavy atom. The molecule has 0 radical (unpaired) electrons. The number of halogens is 7. The first-order valence-electron chi connectivity index (χ1n) is 9.56. The van der Waals surface area contributed by atoms with Crippen molar-refractivity contribution in [1.29, 1.82) is 0 Å². The highest BCUT2D eigenvalue weighted by Crippen LogP contribution is 2.32. The van der Waals surface area contributed by atoms with Gasteiger partial charge < -0.3 is 20.3 Å². The number of hydrogen-bond donors (Lipinski definition) is 2. The molecule has 3 amide bonds. The summed E-state index contributed by atoms with van der Waals surface area (Å²) in [6, 6.07) is -0.0993. The average molecular weight is 495 g/mol. The summed E-state index contributed by atoms with van der Waals surface area (Å²) in [5, 5.41) is 4.92. The number of hydrogen-bond acceptors (Lipinski definition) is 5. The minimum atomic E-state index is -5.16. The second-order valence-electron chi connectivity index (χ2n) is 7.08. The number of alkyl halides is 6. The molecule has 0 aliphatic carbocycles. The molecule has 1 aliphatic heterocycles. The molecule has 15 heteroatoms. The number of nitrogens with one attached hydrogen (secondary N) is 2. The molecule has 0 aromatic carbocycles. The zero-order valence-corrected chi connectivity index (χ0v) is 17.2. The Balaban J connectivity index is 1.99. The van der Waals surface area contributed by atoms with Crippen molar-refractivity contribution in [3.05, 3.63) is 53.2 Å². The van der Waals surface area contributed by atoms with E-state index in [9.17, 15) is 40.3 Å². The second kappa shape index (κ2) is 9.30. The highest BCUT2D eigenvalue weighted by Gasteiger charge is 2.38. The normalized spacial score (nSPS) is 17.7. The number of urea groups is 1. The lowest BCUT2D eigenvalue weighted by Gasteiger charge is -2.34. The molecular weight excluding hydrogens is 479 g/mol. The van der Waals surface area contributed by atoms with E-state index < -0.39 is 59.6 Å². The molecule has 1 fully saturated rings. The molecule has 0 spiro atoms. The molecule has 3 rings (SSSR count). The molecule has 1 aliphatic rings. The van der Waals surface area contributed by atoms with E-state index in [0.717, 1.165) is 29.3 Å². The van der Waals surface area contributed by atoms with E-state index in [1.165, 1.54) is 6.92 Å². The van der Waals surface area contributed by atoms with E-state index >= 15 is 0 Å². The van der Waals surface area contributed by atoms with Crippen molar-refractivity contribution < 1.29 is 45.1 Å². The van der Waals surface area contributed by atoms with Gasteiger partial charge in [0.25, 0.3) is 0 Å². The molecule has 0 bridgehead atoms. The summed E-state index contributed by atoms with van der Waals surface area (Å²) in [6.45, 7) is 1.62. The van der Waals surface area contributed by atoms with Gasteiger partial charge >= 0.3 is 18.6 Å². The van der Waals surface area contributed by atoms with Gasteiger partial charge in [-0.2, -0.15) is 13.2 Å². The van der Waals surface area contributed by atoms with Crippen LogP contribution in [0.3, 0.4) is 0 Å². The Kier molecular flexibility index (Phi) is 6.84. The molecule has 2 atom stereocenters. The minimum Gasteiger partial charge on any atom is -0.388 e. The Labute approximate surface area is 187 Å². The molecule has 2 N–H and O–H groups in total. The first-order chi connectivity index (χ1) is 15.8. The topological polar surface area (TPSA) is 96.5 Å². The number of ether oxygens (including phenoxy) is 1. The van der Waals surface area contributed by atoms with Crippen LogP contribution in [0.25, 0.3) is 0 Å². The summed E-state index contributed by atoms with van der Waals surface area (Å²) in [5.41, 5.74) is -2.40. The van der Waals surface area contributed by atoms with Gasteiger partial charge in [0.2, 0.25) is 11.8 Å². The van der Waals surface area contributed by atoms with Crippen LogP contribution in [0.1, 0.15) is 29.9 Å². The minimum absolute atomic E-state index is 0.0761. The van der Waals surface area contributed by atoms with Crippen molar-refractivity contribution >= 4 is 11.9 Å². The summed E-state index contributed by atoms with van der Waals surface area (Å²) in [7, 11) is 0. The van der Waals surface area contributed by atoms with Crippen LogP contribution >= 0.6 is 0 Å². The van der Waals surface area contributed by atoms with E-state index in [2.05, 4.69) is 25.3 Å². The highest BCUT2D eigenvalue weighted by molar-refractivity contribution is 5.88. The third-order valence-electron chi connectivity index (χ3n) is 4.77. The van der Waals surface area contributed by atoms with Crippen LogP contribution < -0.4 is 15.4 Å². The second-order valence-corrected chi connectivity index (χ2v) is 7.08. The largest absolute Gasteiger partial charge is 0.574 e. The molecule has 2 aromatic heterocycles. The third kappa shape index (κ3) is 5.82. The average Bonchev–Trinajstić information content (AvgIpc) is 2.73. The van der Waals surface area contributed by atoms with Crippen molar-refractivity contribution in [2.24, 2.45) is 0 Å². The van der Waals surface area contributed by atoms with E-state index in [0.29, 0.717) is 6.07 Å². The fourth-order valence-electron chi connectivity index (χ4n) is 3.15. The first kappa shape index (κ1) is 25.0. The van der Waals surface area contributed by atoms with E-state index in [4.69, 9.17) is 0 Å². The lowest BCUT2D eigenvalue weighted by Crippen LogP contribution is -2.58. The lowest BCUT2D eigenvalue weighted by molar-refractivity contribution is -0.276. The van der Waals surface area contributed by atoms with Gasteiger partial charge in [-0.3, -0.25) is 4.79 Å². The number of amides is 3. The lowest BCUT2D eigenvalue weighted by atomic mass is 10.0. The number of rotatable bonds is 4. The molecule has 8 nitrogen and oxygen atoms in total. The van der Waals surface area contributed by atoms with Crippen LogP contribution in [0.5, 0.6) is 5.88 Å². The van der Waals surface area contributed by atoms with Gasteiger partial charge in [0, 0.05) is 25.4 Å². The fourth-order valence-corrected chi connectivity index (χ4v) is 3.15. The predicted octanol–water partition coefficient (Wildman–Crippen LogP) is 3.15. The van der Waals surface area contributed by atoms with Crippen molar-refractivity contribution in [3.8, 4) is 5.88 Å². The van der Waals surface area contributed by atoms with Gasteiger partial charge in [-0.25, -0.2) is 19.2 Å². The summed E-state index contributed by atoms with van der Waals surface area (Å²) in [5.74, 6) is -2.98. The third-order valence-corrected chi connectivity index (χ3v) is 4.77. The highest BCUT2D eigenvalue weighted by atomic mass is 19.4.